The Kier molecular flexibility index (Phi) is 3.77. The highest BCUT2D eigenvalue weighted by molar-refractivity contribution is 5.65. The van der Waals surface area contributed by atoms with E-state index in [2.05, 4.69) is 16.4 Å². The minimum absolute atomic E-state index is 0.594. The largest absolute Gasteiger partial charge is 0.478 e. The second-order valence-corrected chi connectivity index (χ2v) is 3.60. The van der Waals surface area contributed by atoms with Gasteiger partial charge in [-0.15, -0.1) is 0 Å². The van der Waals surface area contributed by atoms with E-state index in [1.54, 1.807) is 18.3 Å². The van der Waals surface area contributed by atoms with E-state index in [1.165, 1.54) is 0 Å². The lowest BCUT2D eigenvalue weighted by Gasteiger charge is -2.08. The number of nitriles is 1. The van der Waals surface area contributed by atoms with Gasteiger partial charge in [-0.2, -0.15) is 5.26 Å². The topological polar surface area (TPSA) is 57.9 Å². The molecule has 0 atom stereocenters. The Labute approximate surface area is 106 Å². The first-order valence-corrected chi connectivity index (χ1v) is 5.68. The van der Waals surface area contributed by atoms with E-state index < -0.39 is 0 Å². The van der Waals surface area contributed by atoms with Gasteiger partial charge >= 0.3 is 0 Å². The van der Waals surface area contributed by atoms with Crippen LogP contribution in [0.2, 0.25) is 0 Å². The van der Waals surface area contributed by atoms with Crippen molar-refractivity contribution in [2.75, 3.05) is 11.9 Å². The highest BCUT2D eigenvalue weighted by Crippen LogP contribution is 2.20. The van der Waals surface area contributed by atoms with Gasteiger partial charge in [-0.3, -0.25) is 0 Å². The van der Waals surface area contributed by atoms with Gasteiger partial charge in [-0.25, -0.2) is 4.98 Å². The molecule has 1 heterocycles. The van der Waals surface area contributed by atoms with Crippen molar-refractivity contribution in [3.8, 4) is 11.9 Å². The Morgan fingerprint density at radius 3 is 2.78 bits per heavy atom. The number of aromatic nitrogens is 1. The molecular weight excluding hydrogens is 226 g/mol. The van der Waals surface area contributed by atoms with Crippen molar-refractivity contribution in [2.45, 2.75) is 6.92 Å². The number of ether oxygens (including phenoxy) is 1. The number of pyridine rings is 1. The summed E-state index contributed by atoms with van der Waals surface area (Å²) in [7, 11) is 0. The molecule has 0 bridgehead atoms. The molecule has 0 unspecified atom stereocenters. The van der Waals surface area contributed by atoms with Crippen LogP contribution in [0, 0.1) is 11.3 Å². The Balaban J connectivity index is 2.16. The van der Waals surface area contributed by atoms with E-state index in [1.807, 2.05) is 31.2 Å². The maximum Gasteiger partial charge on any atom is 0.213 e. The summed E-state index contributed by atoms with van der Waals surface area (Å²) in [4.78, 5) is 4.15. The third kappa shape index (κ3) is 2.77. The minimum atomic E-state index is 0.594. The van der Waals surface area contributed by atoms with Crippen LogP contribution in [-0.4, -0.2) is 11.6 Å². The standard InChI is InChI=1S/C14H13N3O/c1-2-18-14-8-7-12(10-16-14)17-13-6-4-3-5-11(13)9-15/h3-8,10,17H,2H2,1H3. The van der Waals surface area contributed by atoms with Crippen molar-refractivity contribution < 1.29 is 4.74 Å². The normalized spacial score (nSPS) is 9.56. The van der Waals surface area contributed by atoms with Gasteiger partial charge in [0.05, 0.1) is 29.7 Å². The summed E-state index contributed by atoms with van der Waals surface area (Å²) in [6, 6.07) is 13.1. The summed E-state index contributed by atoms with van der Waals surface area (Å²) >= 11 is 0. The van der Waals surface area contributed by atoms with Crippen molar-refractivity contribution in [3.05, 3.63) is 48.2 Å². The van der Waals surface area contributed by atoms with E-state index in [0.717, 1.165) is 11.4 Å². The van der Waals surface area contributed by atoms with Crippen LogP contribution >= 0.6 is 0 Å². The maximum atomic E-state index is 8.98. The molecule has 0 saturated heterocycles. The molecule has 18 heavy (non-hydrogen) atoms. The van der Waals surface area contributed by atoms with Crippen LogP contribution in [0.4, 0.5) is 11.4 Å². The molecule has 0 aliphatic heterocycles. The number of hydrogen-bond acceptors (Lipinski definition) is 4. The molecule has 4 heteroatoms. The van der Waals surface area contributed by atoms with Crippen molar-refractivity contribution in [1.29, 1.82) is 5.26 Å². The third-order valence-corrected chi connectivity index (χ3v) is 2.36. The number of rotatable bonds is 4. The highest BCUT2D eigenvalue weighted by Gasteiger charge is 2.01. The van der Waals surface area contributed by atoms with Crippen LogP contribution in [0.25, 0.3) is 0 Å². The van der Waals surface area contributed by atoms with Gasteiger partial charge in [0.15, 0.2) is 0 Å². The van der Waals surface area contributed by atoms with Gasteiger partial charge in [0, 0.05) is 6.07 Å². The summed E-state index contributed by atoms with van der Waals surface area (Å²) in [6.45, 7) is 2.51. The summed E-state index contributed by atoms with van der Waals surface area (Å²) in [5, 5.41) is 12.1. The van der Waals surface area contributed by atoms with Gasteiger partial charge in [0.25, 0.3) is 0 Å². The van der Waals surface area contributed by atoms with Gasteiger partial charge in [0.2, 0.25) is 5.88 Å². The van der Waals surface area contributed by atoms with Crippen LogP contribution in [0.1, 0.15) is 12.5 Å². The van der Waals surface area contributed by atoms with Crippen molar-refractivity contribution in [3.63, 3.8) is 0 Å². The zero-order valence-corrected chi connectivity index (χ0v) is 10.1. The predicted octanol–water partition coefficient (Wildman–Crippen LogP) is 3.10. The van der Waals surface area contributed by atoms with E-state index >= 15 is 0 Å². The van der Waals surface area contributed by atoms with Crippen LogP contribution in [0.15, 0.2) is 42.6 Å². The van der Waals surface area contributed by atoms with E-state index in [0.29, 0.717) is 18.1 Å². The lowest BCUT2D eigenvalue weighted by Crippen LogP contribution is -1.96. The van der Waals surface area contributed by atoms with E-state index in [9.17, 15) is 0 Å². The molecule has 2 aromatic rings. The molecule has 0 amide bonds. The first-order chi connectivity index (χ1) is 8.83. The molecule has 0 aliphatic rings. The molecule has 2 rings (SSSR count). The molecule has 1 aromatic carbocycles. The summed E-state index contributed by atoms with van der Waals surface area (Å²) < 4.78 is 5.26. The fourth-order valence-corrected chi connectivity index (χ4v) is 1.53. The Bertz CT molecular complexity index is 558. The summed E-state index contributed by atoms with van der Waals surface area (Å²) in [5.74, 6) is 0.594. The number of anilines is 2. The number of hydrogen-bond donors (Lipinski definition) is 1. The van der Waals surface area contributed by atoms with Gasteiger partial charge in [0.1, 0.15) is 6.07 Å². The molecule has 4 nitrogen and oxygen atoms in total. The molecule has 1 N–H and O–H groups in total. The first kappa shape index (κ1) is 11.9. The fraction of sp³-hybridized carbons (Fsp3) is 0.143. The average molecular weight is 239 g/mol. The third-order valence-electron chi connectivity index (χ3n) is 2.36. The van der Waals surface area contributed by atoms with Crippen LogP contribution in [0.3, 0.4) is 0 Å². The zero-order valence-electron chi connectivity index (χ0n) is 10.1. The Hall–Kier alpha value is -2.54. The average Bonchev–Trinajstić information content (AvgIpc) is 2.42. The lowest BCUT2D eigenvalue weighted by molar-refractivity contribution is 0.327. The molecule has 90 valence electrons. The molecule has 0 fully saturated rings. The fourth-order valence-electron chi connectivity index (χ4n) is 1.53. The molecule has 1 aromatic heterocycles. The monoisotopic (exact) mass is 239 g/mol. The van der Waals surface area contributed by atoms with Crippen molar-refractivity contribution in [2.24, 2.45) is 0 Å². The second-order valence-electron chi connectivity index (χ2n) is 3.60. The summed E-state index contributed by atoms with van der Waals surface area (Å²) in [6.07, 6.45) is 1.68. The maximum absolute atomic E-state index is 8.98. The molecule has 0 aliphatic carbocycles. The van der Waals surface area contributed by atoms with Crippen molar-refractivity contribution in [1.82, 2.24) is 4.98 Å². The van der Waals surface area contributed by atoms with Gasteiger partial charge in [-0.05, 0) is 25.1 Å². The van der Waals surface area contributed by atoms with Crippen LogP contribution in [-0.2, 0) is 0 Å². The molecule has 0 radical (unpaired) electrons. The molecular formula is C14H13N3O. The lowest BCUT2D eigenvalue weighted by atomic mass is 10.2. The van der Waals surface area contributed by atoms with E-state index in [-0.39, 0.29) is 0 Å². The van der Waals surface area contributed by atoms with Gasteiger partial charge in [-0.1, -0.05) is 12.1 Å². The zero-order chi connectivity index (χ0) is 12.8. The number of nitrogens with one attached hydrogen (secondary N) is 1. The Morgan fingerprint density at radius 1 is 1.28 bits per heavy atom. The summed E-state index contributed by atoms with van der Waals surface area (Å²) in [5.41, 5.74) is 2.19. The Morgan fingerprint density at radius 2 is 2.11 bits per heavy atom. The smallest absolute Gasteiger partial charge is 0.213 e. The van der Waals surface area contributed by atoms with Crippen LogP contribution < -0.4 is 10.1 Å². The van der Waals surface area contributed by atoms with Crippen molar-refractivity contribution >= 4 is 11.4 Å². The van der Waals surface area contributed by atoms with Crippen LogP contribution in [0.5, 0.6) is 5.88 Å². The predicted molar refractivity (Wildman–Crippen MR) is 69.8 cm³/mol. The van der Waals surface area contributed by atoms with Gasteiger partial charge < -0.3 is 10.1 Å². The minimum Gasteiger partial charge on any atom is -0.478 e. The number of para-hydroxylation sites is 1. The molecule has 0 saturated carbocycles. The highest BCUT2D eigenvalue weighted by atomic mass is 16.5. The molecule has 0 spiro atoms. The van der Waals surface area contributed by atoms with E-state index in [4.69, 9.17) is 10.00 Å². The quantitative estimate of drug-likeness (QED) is 0.890. The SMILES string of the molecule is CCOc1ccc(Nc2ccccc2C#N)cn1. The number of nitrogens with zero attached hydrogens (tertiary/aromatic N) is 2. The second kappa shape index (κ2) is 5.69. The first-order valence-electron chi connectivity index (χ1n) is 5.68. The number of benzene rings is 1.